The van der Waals surface area contributed by atoms with E-state index in [9.17, 15) is 9.59 Å². The molecule has 0 atom stereocenters. The van der Waals surface area contributed by atoms with Gasteiger partial charge in [0, 0.05) is 10.7 Å². The van der Waals surface area contributed by atoms with E-state index in [4.69, 9.17) is 16.3 Å². The molecule has 4 nitrogen and oxygen atoms in total. The number of rotatable bonds is 4. The lowest BCUT2D eigenvalue weighted by Gasteiger charge is -2.11. The molecule has 0 unspecified atom stereocenters. The number of anilines is 1. The first-order valence-corrected chi connectivity index (χ1v) is 7.12. The van der Waals surface area contributed by atoms with Crippen LogP contribution in [0.3, 0.4) is 0 Å². The molecule has 0 aliphatic heterocycles. The zero-order valence-electron chi connectivity index (χ0n) is 12.4. The minimum atomic E-state index is -0.431. The predicted octanol–water partition coefficient (Wildman–Crippen LogP) is 3.62. The van der Waals surface area contributed by atoms with Crippen LogP contribution in [0.1, 0.15) is 21.5 Å². The Bertz CT molecular complexity index is 713. The summed E-state index contributed by atoms with van der Waals surface area (Å²) in [6.07, 6.45) is 0.168. The first-order chi connectivity index (χ1) is 10.5. The number of nitrogens with one attached hydrogen (secondary N) is 1. The molecule has 0 aliphatic rings. The van der Waals surface area contributed by atoms with Crippen molar-refractivity contribution < 1.29 is 14.3 Å². The van der Waals surface area contributed by atoms with Crippen LogP contribution in [0, 0.1) is 6.92 Å². The third kappa shape index (κ3) is 3.65. The summed E-state index contributed by atoms with van der Waals surface area (Å²) in [6, 6.07) is 12.3. The predicted molar refractivity (Wildman–Crippen MR) is 86.3 cm³/mol. The van der Waals surface area contributed by atoms with Crippen molar-refractivity contribution >= 4 is 29.2 Å². The third-order valence-corrected chi connectivity index (χ3v) is 3.69. The second-order valence-electron chi connectivity index (χ2n) is 4.79. The Balaban J connectivity index is 2.16. The number of esters is 1. The number of amides is 1. The second-order valence-corrected chi connectivity index (χ2v) is 5.19. The van der Waals surface area contributed by atoms with Crippen LogP contribution in [-0.2, 0) is 16.0 Å². The van der Waals surface area contributed by atoms with Gasteiger partial charge in [0.05, 0.1) is 19.1 Å². The molecule has 0 bridgehead atoms. The van der Waals surface area contributed by atoms with Crippen LogP contribution in [0.25, 0.3) is 0 Å². The molecular formula is C17H16ClNO3. The molecule has 0 saturated heterocycles. The number of halogens is 1. The normalized spacial score (nSPS) is 10.1. The second kappa shape index (κ2) is 7.09. The van der Waals surface area contributed by atoms with E-state index in [1.165, 1.54) is 7.11 Å². The SMILES string of the molecule is COC(=O)c1cccc(NC(=O)Cc2ccccc2Cl)c1C. The van der Waals surface area contributed by atoms with Gasteiger partial charge in [-0.2, -0.15) is 0 Å². The molecule has 22 heavy (non-hydrogen) atoms. The number of hydrogen-bond acceptors (Lipinski definition) is 3. The Morgan fingerprint density at radius 1 is 1.14 bits per heavy atom. The summed E-state index contributed by atoms with van der Waals surface area (Å²) in [5.41, 5.74) is 2.43. The van der Waals surface area contributed by atoms with E-state index in [0.717, 1.165) is 5.56 Å². The van der Waals surface area contributed by atoms with Gasteiger partial charge in [0.2, 0.25) is 5.91 Å². The zero-order valence-corrected chi connectivity index (χ0v) is 13.1. The smallest absolute Gasteiger partial charge is 0.338 e. The maximum Gasteiger partial charge on any atom is 0.338 e. The van der Waals surface area contributed by atoms with Crippen molar-refractivity contribution in [2.75, 3.05) is 12.4 Å². The Hall–Kier alpha value is -2.33. The highest BCUT2D eigenvalue weighted by Gasteiger charge is 2.14. The van der Waals surface area contributed by atoms with E-state index < -0.39 is 5.97 Å². The summed E-state index contributed by atoms with van der Waals surface area (Å²) in [5.74, 6) is -0.627. The minimum Gasteiger partial charge on any atom is -0.465 e. The molecule has 0 aliphatic carbocycles. The number of benzene rings is 2. The first kappa shape index (κ1) is 16.0. The van der Waals surface area contributed by atoms with Crippen molar-refractivity contribution in [1.82, 2.24) is 0 Å². The van der Waals surface area contributed by atoms with Crippen LogP contribution < -0.4 is 5.32 Å². The van der Waals surface area contributed by atoms with Gasteiger partial charge in [-0.15, -0.1) is 0 Å². The molecule has 2 aromatic carbocycles. The van der Waals surface area contributed by atoms with E-state index in [1.54, 1.807) is 37.3 Å². The van der Waals surface area contributed by atoms with Crippen molar-refractivity contribution in [1.29, 1.82) is 0 Å². The van der Waals surface area contributed by atoms with Gasteiger partial charge >= 0.3 is 5.97 Å². The quantitative estimate of drug-likeness (QED) is 0.876. The van der Waals surface area contributed by atoms with Crippen molar-refractivity contribution in [2.45, 2.75) is 13.3 Å². The van der Waals surface area contributed by atoms with Gasteiger partial charge in [-0.1, -0.05) is 35.9 Å². The Labute approximate surface area is 134 Å². The van der Waals surface area contributed by atoms with Crippen molar-refractivity contribution in [3.8, 4) is 0 Å². The van der Waals surface area contributed by atoms with Gasteiger partial charge < -0.3 is 10.1 Å². The fourth-order valence-electron chi connectivity index (χ4n) is 2.11. The van der Waals surface area contributed by atoms with E-state index in [1.807, 2.05) is 12.1 Å². The van der Waals surface area contributed by atoms with Crippen LogP contribution in [0.4, 0.5) is 5.69 Å². The van der Waals surface area contributed by atoms with Crippen LogP contribution in [0.15, 0.2) is 42.5 Å². The molecule has 2 aromatic rings. The number of hydrogen-bond donors (Lipinski definition) is 1. The first-order valence-electron chi connectivity index (χ1n) is 6.74. The van der Waals surface area contributed by atoms with E-state index >= 15 is 0 Å². The molecule has 114 valence electrons. The Morgan fingerprint density at radius 3 is 2.55 bits per heavy atom. The average Bonchev–Trinajstić information content (AvgIpc) is 2.51. The van der Waals surface area contributed by atoms with Crippen molar-refractivity contribution in [3.05, 3.63) is 64.2 Å². The largest absolute Gasteiger partial charge is 0.465 e. The molecule has 5 heteroatoms. The highest BCUT2D eigenvalue weighted by molar-refractivity contribution is 6.31. The molecule has 0 heterocycles. The van der Waals surface area contributed by atoms with Gasteiger partial charge in [0.15, 0.2) is 0 Å². The van der Waals surface area contributed by atoms with E-state index in [2.05, 4.69) is 5.32 Å². The van der Waals surface area contributed by atoms with Gasteiger partial charge in [-0.25, -0.2) is 4.79 Å². The highest BCUT2D eigenvalue weighted by atomic mass is 35.5. The molecule has 2 rings (SSSR count). The number of carbonyl (C=O) groups is 2. The van der Waals surface area contributed by atoms with Crippen molar-refractivity contribution in [2.24, 2.45) is 0 Å². The molecule has 0 aromatic heterocycles. The maximum absolute atomic E-state index is 12.2. The zero-order chi connectivity index (χ0) is 16.1. The lowest BCUT2D eigenvalue weighted by Crippen LogP contribution is -2.16. The average molecular weight is 318 g/mol. The maximum atomic E-state index is 12.2. The van der Waals surface area contributed by atoms with Crippen LogP contribution in [-0.4, -0.2) is 19.0 Å². The minimum absolute atomic E-state index is 0.168. The summed E-state index contributed by atoms with van der Waals surface area (Å²) in [7, 11) is 1.32. The summed E-state index contributed by atoms with van der Waals surface area (Å²) < 4.78 is 4.72. The Kier molecular flexibility index (Phi) is 5.17. The number of methoxy groups -OCH3 is 1. The van der Waals surface area contributed by atoms with Crippen LogP contribution >= 0.6 is 11.6 Å². The summed E-state index contributed by atoms with van der Waals surface area (Å²) in [4.78, 5) is 23.8. The Morgan fingerprint density at radius 2 is 1.86 bits per heavy atom. The fourth-order valence-corrected chi connectivity index (χ4v) is 2.31. The lowest BCUT2D eigenvalue weighted by atomic mass is 10.1. The van der Waals surface area contributed by atoms with E-state index in [0.29, 0.717) is 21.8 Å². The topological polar surface area (TPSA) is 55.4 Å². The monoisotopic (exact) mass is 317 g/mol. The summed E-state index contributed by atoms with van der Waals surface area (Å²) >= 11 is 6.05. The van der Waals surface area contributed by atoms with Crippen molar-refractivity contribution in [3.63, 3.8) is 0 Å². The lowest BCUT2D eigenvalue weighted by molar-refractivity contribution is -0.115. The molecule has 0 fully saturated rings. The van der Waals surface area contributed by atoms with Crippen LogP contribution in [0.2, 0.25) is 5.02 Å². The molecule has 0 saturated carbocycles. The highest BCUT2D eigenvalue weighted by Crippen LogP contribution is 2.21. The standard InChI is InChI=1S/C17H16ClNO3/c1-11-13(17(21)22-2)7-5-9-15(11)19-16(20)10-12-6-3-4-8-14(12)18/h3-9H,10H2,1-2H3,(H,19,20). The molecule has 1 N–H and O–H groups in total. The number of ether oxygens (including phenoxy) is 1. The van der Waals surface area contributed by atoms with E-state index in [-0.39, 0.29) is 12.3 Å². The third-order valence-electron chi connectivity index (χ3n) is 3.32. The summed E-state index contributed by atoms with van der Waals surface area (Å²) in [5, 5.41) is 3.35. The fraction of sp³-hybridized carbons (Fsp3) is 0.176. The van der Waals surface area contributed by atoms with Gasteiger partial charge in [0.25, 0.3) is 0 Å². The molecular weight excluding hydrogens is 302 g/mol. The van der Waals surface area contributed by atoms with Crippen LogP contribution in [0.5, 0.6) is 0 Å². The molecule has 1 amide bonds. The van der Waals surface area contributed by atoms with Gasteiger partial charge in [-0.3, -0.25) is 4.79 Å². The summed E-state index contributed by atoms with van der Waals surface area (Å²) in [6.45, 7) is 1.76. The van der Waals surface area contributed by atoms with Gasteiger partial charge in [0.1, 0.15) is 0 Å². The number of carbonyl (C=O) groups excluding carboxylic acids is 2. The molecule has 0 spiro atoms. The van der Waals surface area contributed by atoms with Gasteiger partial charge in [-0.05, 0) is 36.2 Å². The molecule has 0 radical (unpaired) electrons.